The number of aliphatic hydroxyl groups is 1. The van der Waals surface area contributed by atoms with Crippen LogP contribution in [0, 0.1) is 6.92 Å². The molecule has 1 aliphatic rings. The molecule has 1 N–H and O–H groups in total. The number of aromatic nitrogens is 1. The average Bonchev–Trinajstić information content (AvgIpc) is 3.42. The fraction of sp³-hybridized carbons (Fsp3) is 0.107. The number of ketones is 1. The molecular formula is C28H22N2O5. The molecule has 1 atom stereocenters. The molecule has 0 aliphatic carbocycles. The van der Waals surface area contributed by atoms with Crippen molar-refractivity contribution < 1.29 is 24.0 Å². The monoisotopic (exact) mass is 466 g/mol. The molecule has 174 valence electrons. The number of anilines is 1. The summed E-state index contributed by atoms with van der Waals surface area (Å²) >= 11 is 0. The Bertz CT molecular complexity index is 1480. The smallest absolute Gasteiger partial charge is 0.301 e. The Labute approximate surface area is 201 Å². The fourth-order valence-electron chi connectivity index (χ4n) is 4.24. The van der Waals surface area contributed by atoms with E-state index in [9.17, 15) is 14.7 Å². The fourth-order valence-corrected chi connectivity index (χ4v) is 4.24. The number of amides is 1. The molecule has 1 aliphatic heterocycles. The van der Waals surface area contributed by atoms with Gasteiger partial charge in [-0.2, -0.15) is 0 Å². The number of carbonyl (C=O) groups excluding carboxylic acids is 2. The van der Waals surface area contributed by atoms with Crippen LogP contribution in [0.15, 0.2) is 95.5 Å². The highest BCUT2D eigenvalue weighted by molar-refractivity contribution is 6.51. The van der Waals surface area contributed by atoms with Crippen LogP contribution in [0.25, 0.3) is 16.5 Å². The Kier molecular flexibility index (Phi) is 5.66. The molecular weight excluding hydrogens is 444 g/mol. The standard InChI is InChI=1S/C28H22N2O5/c1-3-14-34-22-12-10-19(11-13-22)25-24(27(32)28(33)30(25)23-15-17(2)35-29-23)26(31)21-9-8-18-6-4-5-7-20(18)16-21/h3-13,15-16,25,31H,1,14H2,2H3/b26-24+/t25-/m1/s1. The van der Waals surface area contributed by atoms with Gasteiger partial charge in [0.1, 0.15) is 23.9 Å². The first-order valence-corrected chi connectivity index (χ1v) is 11.0. The second-order valence-electron chi connectivity index (χ2n) is 8.20. The van der Waals surface area contributed by atoms with Gasteiger partial charge in [-0.1, -0.05) is 66.3 Å². The van der Waals surface area contributed by atoms with Crippen LogP contribution < -0.4 is 9.64 Å². The van der Waals surface area contributed by atoms with Gasteiger partial charge in [0.2, 0.25) is 0 Å². The molecule has 2 heterocycles. The second kappa shape index (κ2) is 8.95. The van der Waals surface area contributed by atoms with E-state index in [4.69, 9.17) is 9.26 Å². The summed E-state index contributed by atoms with van der Waals surface area (Å²) < 4.78 is 10.7. The first-order valence-electron chi connectivity index (χ1n) is 11.0. The topological polar surface area (TPSA) is 92.9 Å². The number of rotatable bonds is 6. The highest BCUT2D eigenvalue weighted by Crippen LogP contribution is 2.42. The van der Waals surface area contributed by atoms with Gasteiger partial charge in [-0.25, -0.2) is 0 Å². The number of aliphatic hydroxyl groups excluding tert-OH is 1. The predicted octanol–water partition coefficient (Wildman–Crippen LogP) is 5.33. The number of Topliss-reactive ketones (excluding diaryl/α,β-unsaturated/α-hetero) is 1. The summed E-state index contributed by atoms with van der Waals surface area (Å²) in [5.74, 6) is -0.556. The van der Waals surface area contributed by atoms with E-state index in [-0.39, 0.29) is 17.2 Å². The van der Waals surface area contributed by atoms with Crippen LogP contribution in [0.4, 0.5) is 5.82 Å². The molecule has 0 bridgehead atoms. The van der Waals surface area contributed by atoms with E-state index in [1.165, 1.54) is 4.90 Å². The van der Waals surface area contributed by atoms with Crippen molar-refractivity contribution in [1.82, 2.24) is 5.16 Å². The molecule has 0 radical (unpaired) electrons. The minimum absolute atomic E-state index is 0.0225. The van der Waals surface area contributed by atoms with Gasteiger partial charge in [-0.05, 0) is 41.5 Å². The zero-order valence-electron chi connectivity index (χ0n) is 19.0. The van der Waals surface area contributed by atoms with E-state index in [2.05, 4.69) is 11.7 Å². The van der Waals surface area contributed by atoms with Gasteiger partial charge in [0.05, 0.1) is 11.6 Å². The van der Waals surface area contributed by atoms with Crippen molar-refractivity contribution in [2.45, 2.75) is 13.0 Å². The van der Waals surface area contributed by atoms with E-state index < -0.39 is 17.7 Å². The summed E-state index contributed by atoms with van der Waals surface area (Å²) in [7, 11) is 0. The number of ether oxygens (including phenoxy) is 1. The Morgan fingerprint density at radius 2 is 1.83 bits per heavy atom. The lowest BCUT2D eigenvalue weighted by Gasteiger charge is -2.23. The zero-order valence-corrected chi connectivity index (χ0v) is 19.0. The van der Waals surface area contributed by atoms with E-state index in [0.29, 0.717) is 29.2 Å². The van der Waals surface area contributed by atoms with Gasteiger partial charge >= 0.3 is 5.91 Å². The molecule has 0 unspecified atom stereocenters. The highest BCUT2D eigenvalue weighted by atomic mass is 16.5. The number of carbonyl (C=O) groups is 2. The van der Waals surface area contributed by atoms with Crippen molar-refractivity contribution in [2.24, 2.45) is 0 Å². The quantitative estimate of drug-likeness (QED) is 0.179. The van der Waals surface area contributed by atoms with Crippen LogP contribution in [0.1, 0.15) is 22.9 Å². The molecule has 7 heteroatoms. The van der Waals surface area contributed by atoms with Crippen molar-refractivity contribution in [2.75, 3.05) is 11.5 Å². The number of hydrogen-bond acceptors (Lipinski definition) is 6. The largest absolute Gasteiger partial charge is 0.507 e. The number of hydrogen-bond donors (Lipinski definition) is 1. The Balaban J connectivity index is 1.66. The van der Waals surface area contributed by atoms with Gasteiger partial charge in [0.25, 0.3) is 5.78 Å². The maximum Gasteiger partial charge on any atom is 0.301 e. The molecule has 3 aromatic carbocycles. The molecule has 35 heavy (non-hydrogen) atoms. The van der Waals surface area contributed by atoms with Crippen molar-refractivity contribution in [3.63, 3.8) is 0 Å². The molecule has 1 aromatic heterocycles. The highest BCUT2D eigenvalue weighted by Gasteiger charge is 2.48. The third kappa shape index (κ3) is 3.97. The lowest BCUT2D eigenvalue weighted by Crippen LogP contribution is -2.29. The Morgan fingerprint density at radius 3 is 2.51 bits per heavy atom. The van der Waals surface area contributed by atoms with Gasteiger partial charge in [0.15, 0.2) is 5.82 Å². The van der Waals surface area contributed by atoms with Crippen molar-refractivity contribution >= 4 is 34.0 Å². The summed E-state index contributed by atoms with van der Waals surface area (Å²) in [6.07, 6.45) is 1.64. The predicted molar refractivity (Wildman–Crippen MR) is 132 cm³/mol. The van der Waals surface area contributed by atoms with E-state index >= 15 is 0 Å². The number of benzene rings is 3. The third-order valence-corrected chi connectivity index (χ3v) is 5.89. The number of aryl methyl sites for hydroxylation is 1. The molecule has 1 saturated heterocycles. The van der Waals surface area contributed by atoms with Crippen LogP contribution in [0.3, 0.4) is 0 Å². The molecule has 1 amide bonds. The first-order chi connectivity index (χ1) is 17.0. The minimum atomic E-state index is -0.903. The second-order valence-corrected chi connectivity index (χ2v) is 8.20. The average molecular weight is 466 g/mol. The molecule has 0 spiro atoms. The van der Waals surface area contributed by atoms with Crippen molar-refractivity contribution in [3.05, 3.63) is 108 Å². The first kappa shape index (κ1) is 22.2. The summed E-state index contributed by atoms with van der Waals surface area (Å²) in [6, 6.07) is 20.7. The SMILES string of the molecule is C=CCOc1ccc([C@@H]2/C(=C(\O)c3ccc4ccccc4c3)C(=O)C(=O)N2c2cc(C)on2)cc1. The van der Waals surface area contributed by atoms with Crippen LogP contribution >= 0.6 is 0 Å². The summed E-state index contributed by atoms with van der Waals surface area (Å²) in [5, 5.41) is 17.2. The van der Waals surface area contributed by atoms with E-state index in [0.717, 1.165) is 10.8 Å². The molecule has 1 fully saturated rings. The molecule has 0 saturated carbocycles. The van der Waals surface area contributed by atoms with Gasteiger partial charge in [0, 0.05) is 11.6 Å². The van der Waals surface area contributed by atoms with Gasteiger partial charge in [-0.15, -0.1) is 0 Å². The third-order valence-electron chi connectivity index (χ3n) is 5.89. The van der Waals surface area contributed by atoms with Crippen molar-refractivity contribution in [1.29, 1.82) is 0 Å². The Hall–Kier alpha value is -4.65. The number of fused-ring (bicyclic) bond motifs is 1. The van der Waals surface area contributed by atoms with Crippen LogP contribution in [0.5, 0.6) is 5.75 Å². The number of nitrogens with zero attached hydrogens (tertiary/aromatic N) is 2. The van der Waals surface area contributed by atoms with Gasteiger partial charge in [-0.3, -0.25) is 14.5 Å². The maximum absolute atomic E-state index is 13.3. The van der Waals surface area contributed by atoms with E-state index in [1.807, 2.05) is 30.3 Å². The normalized spacial score (nSPS) is 17.2. The van der Waals surface area contributed by atoms with Crippen LogP contribution in [-0.4, -0.2) is 28.6 Å². The van der Waals surface area contributed by atoms with E-state index in [1.54, 1.807) is 55.5 Å². The molecule has 4 aromatic rings. The van der Waals surface area contributed by atoms with Crippen LogP contribution in [0.2, 0.25) is 0 Å². The molecule has 5 rings (SSSR count). The molecule has 7 nitrogen and oxygen atoms in total. The summed E-state index contributed by atoms with van der Waals surface area (Å²) in [5.41, 5.74) is 1.03. The maximum atomic E-state index is 13.3. The Morgan fingerprint density at radius 1 is 1.09 bits per heavy atom. The van der Waals surface area contributed by atoms with Crippen LogP contribution in [-0.2, 0) is 9.59 Å². The zero-order chi connectivity index (χ0) is 24.5. The lowest BCUT2D eigenvalue weighted by molar-refractivity contribution is -0.132. The van der Waals surface area contributed by atoms with Gasteiger partial charge < -0.3 is 14.4 Å². The summed E-state index contributed by atoms with van der Waals surface area (Å²) in [4.78, 5) is 27.7. The van der Waals surface area contributed by atoms with Crippen molar-refractivity contribution in [3.8, 4) is 5.75 Å². The lowest BCUT2D eigenvalue weighted by atomic mass is 9.94. The summed E-state index contributed by atoms with van der Waals surface area (Å²) in [6.45, 7) is 5.68. The minimum Gasteiger partial charge on any atom is -0.507 e.